The fourth-order valence-corrected chi connectivity index (χ4v) is 7.47. The number of rotatable bonds is 5. The Morgan fingerprint density at radius 3 is 2.02 bits per heavy atom. The number of aliphatic imine (C=N–C) groups is 1. The summed E-state index contributed by atoms with van der Waals surface area (Å²) in [5, 5.41) is 7.85. The number of furan rings is 1. The lowest BCUT2D eigenvalue weighted by Crippen LogP contribution is -2.82. The summed E-state index contributed by atoms with van der Waals surface area (Å²) in [7, 11) is 0. The van der Waals surface area contributed by atoms with Gasteiger partial charge in [0.25, 0.3) is 0 Å². The number of allylic oxidation sites excluding steroid dienone is 1. The van der Waals surface area contributed by atoms with E-state index in [9.17, 15) is 0 Å². The molecule has 2 aromatic heterocycles. The topological polar surface area (TPSA) is 55.0 Å². The van der Waals surface area contributed by atoms with Crippen LogP contribution in [-0.2, 0) is 0 Å². The van der Waals surface area contributed by atoms with Crippen molar-refractivity contribution in [3.63, 3.8) is 0 Å². The molecule has 0 saturated heterocycles. The van der Waals surface area contributed by atoms with Crippen molar-refractivity contribution in [3.8, 4) is 22.4 Å². The summed E-state index contributed by atoms with van der Waals surface area (Å²) < 4.78 is 6.63. The molecular weight excluding hydrogens is 623 g/mol. The van der Waals surface area contributed by atoms with Crippen molar-refractivity contribution in [1.82, 2.24) is 4.98 Å². The summed E-state index contributed by atoms with van der Waals surface area (Å²) in [6.07, 6.45) is 2.10. The average Bonchev–Trinajstić information content (AvgIpc) is 3.61. The molecule has 2 N–H and O–H groups in total. The summed E-state index contributed by atoms with van der Waals surface area (Å²) in [4.78, 5) is 10.7. The van der Waals surface area contributed by atoms with Crippen LogP contribution in [0.4, 0.5) is 0 Å². The second-order valence-corrected chi connectivity index (χ2v) is 13.1. The Hall–Kier alpha value is -6.62. The van der Waals surface area contributed by atoms with Gasteiger partial charge in [-0.25, -0.2) is 9.98 Å². The summed E-state index contributed by atoms with van der Waals surface area (Å²) >= 11 is 0. The molecule has 1 aliphatic rings. The molecule has 9 aromatic rings. The van der Waals surface area contributed by atoms with Gasteiger partial charge in [0.1, 0.15) is 17.0 Å². The van der Waals surface area contributed by atoms with Crippen molar-refractivity contribution in [2.24, 2.45) is 4.99 Å². The van der Waals surface area contributed by atoms with E-state index in [1.807, 2.05) is 12.1 Å². The second-order valence-electron chi connectivity index (χ2n) is 13.1. The van der Waals surface area contributed by atoms with Gasteiger partial charge in [-0.1, -0.05) is 146 Å². The van der Waals surface area contributed by atoms with E-state index in [1.165, 1.54) is 16.5 Å². The smallest absolute Gasteiger partial charge is 0.211 e. The van der Waals surface area contributed by atoms with Gasteiger partial charge < -0.3 is 4.42 Å². The molecule has 1 aliphatic heterocycles. The third-order valence-corrected chi connectivity index (χ3v) is 10.0. The number of para-hydroxylation sites is 1. The summed E-state index contributed by atoms with van der Waals surface area (Å²) in [6, 6.07) is 59.6. The first-order valence-corrected chi connectivity index (χ1v) is 17.4. The van der Waals surface area contributed by atoms with Crippen LogP contribution in [0.15, 0.2) is 185 Å². The molecule has 0 bridgehead atoms. The van der Waals surface area contributed by atoms with Gasteiger partial charge in [-0.2, -0.15) is 0 Å². The van der Waals surface area contributed by atoms with Gasteiger partial charge in [0.2, 0.25) is 6.17 Å². The highest BCUT2D eigenvalue weighted by Crippen LogP contribution is 2.41. The molecule has 10 rings (SSSR count). The van der Waals surface area contributed by atoms with E-state index in [-0.39, 0.29) is 6.17 Å². The molecule has 51 heavy (non-hydrogen) atoms. The van der Waals surface area contributed by atoms with Gasteiger partial charge in [0, 0.05) is 49.9 Å². The summed E-state index contributed by atoms with van der Waals surface area (Å²) in [5.41, 5.74) is 12.3. The molecule has 0 saturated carbocycles. The highest BCUT2D eigenvalue weighted by molar-refractivity contribution is 6.24. The highest BCUT2D eigenvalue weighted by atomic mass is 16.3. The summed E-state index contributed by atoms with van der Waals surface area (Å²) in [5.74, 6) is 0. The van der Waals surface area contributed by atoms with Crippen molar-refractivity contribution in [1.29, 1.82) is 0 Å². The number of nitrogens with two attached hydrogens (primary N) is 1. The minimum absolute atomic E-state index is 0.120. The van der Waals surface area contributed by atoms with Gasteiger partial charge >= 0.3 is 0 Å². The fourth-order valence-electron chi connectivity index (χ4n) is 7.47. The average molecular weight is 655 g/mol. The Bertz CT molecular complexity index is 2820. The lowest BCUT2D eigenvalue weighted by molar-refractivity contribution is -0.609. The first-order chi connectivity index (χ1) is 25.3. The van der Waals surface area contributed by atoms with E-state index < -0.39 is 0 Å². The number of benzene rings is 7. The molecule has 0 aliphatic carbocycles. The number of hydrogen-bond acceptors (Lipinski definition) is 3. The molecule has 0 radical (unpaired) electrons. The molecule has 0 spiro atoms. The zero-order valence-corrected chi connectivity index (χ0v) is 27.7. The summed E-state index contributed by atoms with van der Waals surface area (Å²) in [6.45, 7) is 0. The van der Waals surface area contributed by atoms with Crippen molar-refractivity contribution in [3.05, 3.63) is 193 Å². The van der Waals surface area contributed by atoms with Gasteiger partial charge in [0.15, 0.2) is 5.58 Å². The zero-order valence-electron chi connectivity index (χ0n) is 27.7. The van der Waals surface area contributed by atoms with Crippen molar-refractivity contribution in [2.45, 2.75) is 6.17 Å². The van der Waals surface area contributed by atoms with Crippen LogP contribution in [0.2, 0.25) is 0 Å². The molecule has 7 aromatic carbocycles. The van der Waals surface area contributed by atoms with E-state index in [2.05, 4.69) is 169 Å². The first-order valence-electron chi connectivity index (χ1n) is 17.4. The second kappa shape index (κ2) is 12.1. The van der Waals surface area contributed by atoms with E-state index in [0.717, 1.165) is 77.6 Å². The Morgan fingerprint density at radius 1 is 0.510 bits per heavy atom. The zero-order chi connectivity index (χ0) is 33.7. The Labute approximate surface area is 295 Å². The van der Waals surface area contributed by atoms with Crippen LogP contribution in [0.1, 0.15) is 22.9 Å². The van der Waals surface area contributed by atoms with Gasteiger partial charge in [0.05, 0.1) is 11.2 Å². The van der Waals surface area contributed by atoms with Gasteiger partial charge in [-0.3, -0.25) is 5.32 Å². The maximum atomic E-state index is 6.63. The van der Waals surface area contributed by atoms with Crippen molar-refractivity contribution < 1.29 is 9.73 Å². The minimum atomic E-state index is -0.120. The molecule has 3 heterocycles. The van der Waals surface area contributed by atoms with Crippen molar-refractivity contribution >= 4 is 55.0 Å². The number of pyridine rings is 1. The van der Waals surface area contributed by atoms with E-state index in [4.69, 9.17) is 14.4 Å². The van der Waals surface area contributed by atoms with Crippen LogP contribution >= 0.6 is 0 Å². The lowest BCUT2D eigenvalue weighted by Gasteiger charge is -2.20. The molecular formula is C47H32N3O+. The number of aromatic nitrogens is 1. The van der Waals surface area contributed by atoms with Crippen LogP contribution in [0.5, 0.6) is 0 Å². The fraction of sp³-hybridized carbons (Fsp3) is 0.0213. The molecule has 0 amide bonds. The maximum absolute atomic E-state index is 6.63. The Morgan fingerprint density at radius 2 is 1.18 bits per heavy atom. The van der Waals surface area contributed by atoms with E-state index >= 15 is 0 Å². The molecule has 4 heteroatoms. The molecule has 0 fully saturated rings. The Balaban J connectivity index is 1.13. The molecule has 1 unspecified atom stereocenters. The van der Waals surface area contributed by atoms with Crippen LogP contribution in [-0.4, -0.2) is 10.7 Å². The van der Waals surface area contributed by atoms with Gasteiger partial charge in [-0.15, -0.1) is 0 Å². The lowest BCUT2D eigenvalue weighted by atomic mass is 9.97. The standard InChI is InChI=1S/C47H31N3O/c1-3-12-30(13-4-1)31-22-24-33(25-23-31)40-29-41(49-47(48-40)34-15-5-2-6-16-34)35-17-11-18-36(28-35)44-46-43(38-20-9-10-21-42(38)51-46)39-27-26-32-14-7-8-19-37(32)45(39)50-44/h1-29,47-48H/p+1. The molecule has 240 valence electrons. The van der Waals surface area contributed by atoms with Crippen LogP contribution in [0.25, 0.3) is 71.7 Å². The van der Waals surface area contributed by atoms with E-state index in [0.29, 0.717) is 0 Å². The van der Waals surface area contributed by atoms with E-state index in [1.54, 1.807) is 0 Å². The monoisotopic (exact) mass is 654 g/mol. The van der Waals surface area contributed by atoms with Crippen LogP contribution in [0, 0.1) is 0 Å². The molecule has 1 atom stereocenters. The highest BCUT2D eigenvalue weighted by Gasteiger charge is 2.25. The third-order valence-electron chi connectivity index (χ3n) is 10.0. The quantitative estimate of drug-likeness (QED) is 0.188. The first kappa shape index (κ1) is 29.3. The van der Waals surface area contributed by atoms with Crippen molar-refractivity contribution in [2.75, 3.05) is 0 Å². The predicted molar refractivity (Wildman–Crippen MR) is 209 cm³/mol. The van der Waals surface area contributed by atoms with Crippen LogP contribution in [0.3, 0.4) is 0 Å². The number of hydrogen-bond donors (Lipinski definition) is 1. The number of nitrogens with zero attached hydrogens (tertiary/aromatic N) is 2. The normalized spacial score (nSPS) is 14.6. The van der Waals surface area contributed by atoms with Crippen LogP contribution < -0.4 is 5.32 Å². The minimum Gasteiger partial charge on any atom is -0.454 e. The largest absolute Gasteiger partial charge is 0.454 e. The molecule has 4 nitrogen and oxygen atoms in total. The predicted octanol–water partition coefficient (Wildman–Crippen LogP) is 10.7. The Kier molecular flexibility index (Phi) is 6.93. The number of quaternary nitrogens is 1. The maximum Gasteiger partial charge on any atom is 0.211 e. The third kappa shape index (κ3) is 5.13. The number of fused-ring (bicyclic) bond motifs is 7. The van der Waals surface area contributed by atoms with Gasteiger partial charge in [-0.05, 0) is 40.8 Å². The SMILES string of the molecule is C1=C(c2ccc(-c3ccccc3)cc2)[NH2+]C(c2ccccc2)N=C1c1cccc(-c2nc3c4ccccc4ccc3c3c2oc2ccccc23)c1.